The Hall–Kier alpha value is -2.00. The Kier molecular flexibility index (Phi) is 5.96. The number of benzene rings is 3. The predicted molar refractivity (Wildman–Crippen MR) is 134 cm³/mol. The highest BCUT2D eigenvalue weighted by atomic mass is 127. The first-order chi connectivity index (χ1) is 15.4. The quantitative estimate of drug-likeness (QED) is 0.180. The number of fused-ring (bicyclic) bond motifs is 3. The standard InChI is InChI=1S/C25H21F3INOS/c26-25(27,28)31-22-15-5-4-13-20(22)30(29)21-14-7-12-19-18-11-6-10-17(23(18)32-24(19)21)16-8-2-1-3-9-16/h4-7,10-16H,1-3,8-9H2. The molecule has 0 amide bonds. The summed E-state index contributed by atoms with van der Waals surface area (Å²) in [5, 5.41) is 2.36. The lowest BCUT2D eigenvalue weighted by Gasteiger charge is -2.22. The van der Waals surface area contributed by atoms with Gasteiger partial charge in [-0.3, -0.25) is 3.11 Å². The van der Waals surface area contributed by atoms with Crippen LogP contribution in [0.1, 0.15) is 43.6 Å². The number of halogens is 4. The lowest BCUT2D eigenvalue weighted by molar-refractivity contribution is -0.274. The molecule has 1 fully saturated rings. The van der Waals surface area contributed by atoms with Crippen molar-refractivity contribution < 1.29 is 17.9 Å². The molecule has 1 aliphatic carbocycles. The van der Waals surface area contributed by atoms with Crippen LogP contribution in [0.25, 0.3) is 20.2 Å². The smallest absolute Gasteiger partial charge is 0.404 e. The molecule has 1 aromatic heterocycles. The average Bonchev–Trinajstić information content (AvgIpc) is 3.17. The van der Waals surface area contributed by atoms with Gasteiger partial charge in [-0.05, 0) is 42.5 Å². The molecular weight excluding hydrogens is 546 g/mol. The van der Waals surface area contributed by atoms with Crippen molar-refractivity contribution in [3.8, 4) is 5.75 Å². The van der Waals surface area contributed by atoms with Crippen LogP contribution in [0.5, 0.6) is 5.75 Å². The van der Waals surface area contributed by atoms with Crippen molar-refractivity contribution in [2.24, 2.45) is 0 Å². The van der Waals surface area contributed by atoms with E-state index >= 15 is 0 Å². The van der Waals surface area contributed by atoms with Crippen molar-refractivity contribution in [2.75, 3.05) is 3.11 Å². The summed E-state index contributed by atoms with van der Waals surface area (Å²) in [5.74, 6) is 0.371. The summed E-state index contributed by atoms with van der Waals surface area (Å²) in [7, 11) is 0. The molecule has 1 heterocycles. The van der Waals surface area contributed by atoms with Crippen LogP contribution in [0.4, 0.5) is 24.5 Å². The van der Waals surface area contributed by atoms with Gasteiger partial charge in [-0.25, -0.2) is 0 Å². The van der Waals surface area contributed by atoms with Gasteiger partial charge in [0.25, 0.3) is 0 Å². The maximum Gasteiger partial charge on any atom is 0.573 e. The minimum Gasteiger partial charge on any atom is -0.404 e. The fourth-order valence-electron chi connectivity index (χ4n) is 4.68. The Morgan fingerprint density at radius 3 is 2.22 bits per heavy atom. The van der Waals surface area contributed by atoms with E-state index in [0.717, 1.165) is 15.8 Å². The van der Waals surface area contributed by atoms with Gasteiger partial charge in [0, 0.05) is 15.5 Å². The van der Waals surface area contributed by atoms with E-state index in [4.69, 9.17) is 0 Å². The Labute approximate surface area is 202 Å². The van der Waals surface area contributed by atoms with Crippen molar-refractivity contribution in [3.05, 3.63) is 66.2 Å². The highest BCUT2D eigenvalue weighted by Crippen LogP contribution is 2.48. The molecule has 5 rings (SSSR count). The third-order valence-electron chi connectivity index (χ3n) is 6.09. The minimum atomic E-state index is -4.74. The van der Waals surface area contributed by atoms with Crippen molar-refractivity contribution in [3.63, 3.8) is 0 Å². The SMILES string of the molecule is FC(F)(F)Oc1ccccc1N(I)c1cccc2c1sc1c(C3CCCCC3)cccc12. The Bertz CT molecular complexity index is 1260. The molecule has 0 spiro atoms. The third kappa shape index (κ3) is 4.17. The van der Waals surface area contributed by atoms with Gasteiger partial charge in [0.2, 0.25) is 0 Å². The van der Waals surface area contributed by atoms with Gasteiger partial charge < -0.3 is 4.74 Å². The summed E-state index contributed by atoms with van der Waals surface area (Å²) < 4.78 is 47.3. The lowest BCUT2D eigenvalue weighted by atomic mass is 9.84. The number of alkyl halides is 3. The van der Waals surface area contributed by atoms with Gasteiger partial charge in [0.05, 0.1) is 38.9 Å². The first-order valence-corrected chi connectivity index (χ1v) is 12.5. The number of nitrogens with zero attached hydrogens (tertiary/aromatic N) is 1. The summed E-state index contributed by atoms with van der Waals surface area (Å²) in [5.41, 5.74) is 2.63. The van der Waals surface area contributed by atoms with Crippen LogP contribution in [0.3, 0.4) is 0 Å². The van der Waals surface area contributed by atoms with Crippen LogP contribution in [0, 0.1) is 0 Å². The van der Waals surface area contributed by atoms with Gasteiger partial charge in [-0.2, -0.15) is 0 Å². The van der Waals surface area contributed by atoms with Crippen LogP contribution >= 0.6 is 34.2 Å². The van der Waals surface area contributed by atoms with Gasteiger partial charge in [0.1, 0.15) is 0 Å². The van der Waals surface area contributed by atoms with Crippen LogP contribution in [-0.2, 0) is 0 Å². The van der Waals surface area contributed by atoms with Crippen molar-refractivity contribution in [2.45, 2.75) is 44.4 Å². The van der Waals surface area contributed by atoms with Gasteiger partial charge >= 0.3 is 6.36 Å². The normalized spacial score (nSPS) is 15.4. The third-order valence-corrected chi connectivity index (χ3v) is 8.43. The molecule has 0 atom stereocenters. The highest BCUT2D eigenvalue weighted by Gasteiger charge is 2.33. The maximum absolute atomic E-state index is 13.0. The summed E-state index contributed by atoms with van der Waals surface area (Å²) in [6, 6.07) is 18.8. The van der Waals surface area contributed by atoms with E-state index in [0.29, 0.717) is 11.6 Å². The van der Waals surface area contributed by atoms with E-state index in [1.54, 1.807) is 32.6 Å². The topological polar surface area (TPSA) is 12.5 Å². The summed E-state index contributed by atoms with van der Waals surface area (Å²) in [4.78, 5) is 0. The van der Waals surface area contributed by atoms with E-state index < -0.39 is 6.36 Å². The molecule has 0 saturated heterocycles. The lowest BCUT2D eigenvalue weighted by Crippen LogP contribution is -2.18. The number of rotatable bonds is 4. The fourth-order valence-corrected chi connectivity index (χ4v) is 7.04. The molecule has 166 valence electrons. The van der Waals surface area contributed by atoms with Gasteiger partial charge in [-0.1, -0.05) is 61.7 Å². The zero-order chi connectivity index (χ0) is 22.3. The highest BCUT2D eigenvalue weighted by molar-refractivity contribution is 14.1. The van der Waals surface area contributed by atoms with E-state index in [2.05, 4.69) is 51.9 Å². The number of hydrogen-bond acceptors (Lipinski definition) is 3. The zero-order valence-corrected chi connectivity index (χ0v) is 20.1. The Balaban J connectivity index is 1.63. The second-order valence-corrected chi connectivity index (χ2v) is 10.1. The largest absolute Gasteiger partial charge is 0.573 e. The molecule has 4 aromatic rings. The van der Waals surface area contributed by atoms with Gasteiger partial charge in [0.15, 0.2) is 5.75 Å². The van der Waals surface area contributed by atoms with E-state index in [1.807, 2.05) is 12.1 Å². The Morgan fingerprint density at radius 1 is 0.812 bits per heavy atom. The first-order valence-electron chi connectivity index (χ1n) is 10.7. The summed E-state index contributed by atoms with van der Waals surface area (Å²) in [6.07, 6.45) is 1.56. The van der Waals surface area contributed by atoms with E-state index in [-0.39, 0.29) is 5.75 Å². The van der Waals surface area contributed by atoms with Crippen molar-refractivity contribution in [1.82, 2.24) is 0 Å². The molecule has 1 aliphatic rings. The van der Waals surface area contributed by atoms with Crippen molar-refractivity contribution in [1.29, 1.82) is 0 Å². The monoisotopic (exact) mass is 567 g/mol. The second kappa shape index (κ2) is 8.74. The predicted octanol–water partition coefficient (Wildman–Crippen LogP) is 9.49. The molecule has 1 saturated carbocycles. The molecule has 0 unspecified atom stereocenters. The summed E-state index contributed by atoms with van der Waals surface area (Å²) >= 11 is 3.81. The summed E-state index contributed by atoms with van der Waals surface area (Å²) in [6.45, 7) is 0. The fraction of sp³-hybridized carbons (Fsp3) is 0.280. The van der Waals surface area contributed by atoms with Crippen molar-refractivity contribution >= 4 is 65.7 Å². The molecular formula is C25H21F3INOS. The number of hydrogen-bond donors (Lipinski definition) is 0. The molecule has 2 nitrogen and oxygen atoms in total. The molecule has 0 N–H and O–H groups in total. The molecule has 7 heteroatoms. The number of para-hydroxylation sites is 2. The molecule has 0 bridgehead atoms. The van der Waals surface area contributed by atoms with E-state index in [1.165, 1.54) is 53.8 Å². The number of ether oxygens (including phenoxy) is 1. The van der Waals surface area contributed by atoms with Crippen LogP contribution in [0.15, 0.2) is 60.7 Å². The second-order valence-electron chi connectivity index (χ2n) is 8.11. The van der Waals surface area contributed by atoms with Crippen LogP contribution < -0.4 is 7.85 Å². The number of anilines is 2. The van der Waals surface area contributed by atoms with Gasteiger partial charge in [-0.15, -0.1) is 24.5 Å². The van der Waals surface area contributed by atoms with Crippen LogP contribution in [0.2, 0.25) is 0 Å². The molecule has 3 aromatic carbocycles. The minimum absolute atomic E-state index is 0.213. The first kappa shape index (κ1) is 21.8. The zero-order valence-electron chi connectivity index (χ0n) is 17.2. The molecule has 0 radical (unpaired) electrons. The average molecular weight is 567 g/mol. The van der Waals surface area contributed by atoms with E-state index in [9.17, 15) is 13.2 Å². The number of thiophene rings is 1. The molecule has 32 heavy (non-hydrogen) atoms. The van der Waals surface area contributed by atoms with Crippen LogP contribution in [-0.4, -0.2) is 6.36 Å². The molecule has 0 aliphatic heterocycles. The Morgan fingerprint density at radius 2 is 1.47 bits per heavy atom. The maximum atomic E-state index is 13.0.